The second-order valence-corrected chi connectivity index (χ2v) is 3.11. The Morgan fingerprint density at radius 1 is 1.57 bits per heavy atom. The minimum atomic E-state index is -0.940. The van der Waals surface area contributed by atoms with Crippen LogP contribution >= 0.6 is 11.6 Å². The zero-order chi connectivity index (χ0) is 10.1. The van der Waals surface area contributed by atoms with Gasteiger partial charge in [-0.25, -0.2) is 4.98 Å². The molecule has 0 aliphatic carbocycles. The zero-order valence-corrected chi connectivity index (χ0v) is 7.77. The van der Waals surface area contributed by atoms with E-state index in [9.17, 15) is 4.79 Å². The van der Waals surface area contributed by atoms with Crippen molar-refractivity contribution in [2.45, 2.75) is 6.42 Å². The molecule has 0 aliphatic rings. The van der Waals surface area contributed by atoms with Gasteiger partial charge in [-0.2, -0.15) is 0 Å². The van der Waals surface area contributed by atoms with Crippen LogP contribution in [0.4, 0.5) is 0 Å². The number of nitrogens with zero attached hydrogens (tertiary/aromatic N) is 3. The largest absolute Gasteiger partial charge is 0.481 e. The number of carboxylic acids is 1. The van der Waals surface area contributed by atoms with Crippen LogP contribution in [0.5, 0.6) is 0 Å². The maximum Gasteiger partial charge on any atom is 0.309 e. The number of aromatic nitrogens is 3. The molecule has 0 amide bonds. The van der Waals surface area contributed by atoms with Gasteiger partial charge in [0.05, 0.1) is 18.3 Å². The lowest BCUT2D eigenvalue weighted by Crippen LogP contribution is -2.04. The molecule has 0 radical (unpaired) electrons. The van der Waals surface area contributed by atoms with Crippen molar-refractivity contribution in [2.24, 2.45) is 0 Å². The first-order valence-electron chi connectivity index (χ1n) is 3.86. The fourth-order valence-electron chi connectivity index (χ4n) is 1.21. The van der Waals surface area contributed by atoms with E-state index < -0.39 is 5.97 Å². The number of fused-ring (bicyclic) bond motifs is 1. The van der Waals surface area contributed by atoms with Crippen LogP contribution in [0.2, 0.25) is 5.15 Å². The molecule has 0 bridgehead atoms. The fraction of sp³-hybridized carbons (Fsp3) is 0.125. The summed E-state index contributed by atoms with van der Waals surface area (Å²) in [5.74, 6) is -0.940. The van der Waals surface area contributed by atoms with Crippen molar-refractivity contribution in [3.63, 3.8) is 0 Å². The predicted octanol–water partition coefficient (Wildman–Crippen LogP) is 1.01. The highest BCUT2D eigenvalue weighted by Gasteiger charge is 2.09. The van der Waals surface area contributed by atoms with Crippen LogP contribution in [0.3, 0.4) is 0 Å². The van der Waals surface area contributed by atoms with Gasteiger partial charge in [0.15, 0.2) is 5.65 Å². The Labute approximate surface area is 84.0 Å². The monoisotopic (exact) mass is 211 g/mol. The molecule has 6 heteroatoms. The summed E-state index contributed by atoms with van der Waals surface area (Å²) < 4.78 is 1.59. The van der Waals surface area contributed by atoms with Gasteiger partial charge >= 0.3 is 5.97 Å². The highest BCUT2D eigenvalue weighted by molar-refractivity contribution is 6.29. The van der Waals surface area contributed by atoms with Crippen molar-refractivity contribution in [1.82, 2.24) is 14.4 Å². The molecule has 0 unspecified atom stereocenters. The second-order valence-electron chi connectivity index (χ2n) is 2.72. The quantitative estimate of drug-likeness (QED) is 0.805. The molecule has 72 valence electrons. The normalized spacial score (nSPS) is 10.6. The molecule has 0 aliphatic heterocycles. The number of hydrogen-bond donors (Lipinski definition) is 1. The van der Waals surface area contributed by atoms with E-state index in [-0.39, 0.29) is 6.42 Å². The van der Waals surface area contributed by atoms with E-state index in [1.807, 2.05) is 0 Å². The standard InChI is InChI=1S/C8H6ClN3O2/c9-6-4-11-8-5(3-7(13)14)10-1-2-12(6)8/h1-2,4H,3H2,(H,13,14). The Morgan fingerprint density at radius 3 is 3.07 bits per heavy atom. The summed E-state index contributed by atoms with van der Waals surface area (Å²) in [6, 6.07) is 0. The summed E-state index contributed by atoms with van der Waals surface area (Å²) in [5.41, 5.74) is 0.895. The summed E-state index contributed by atoms with van der Waals surface area (Å²) >= 11 is 5.81. The first-order valence-corrected chi connectivity index (χ1v) is 4.24. The van der Waals surface area contributed by atoms with Crippen molar-refractivity contribution < 1.29 is 9.90 Å². The fourth-order valence-corrected chi connectivity index (χ4v) is 1.40. The van der Waals surface area contributed by atoms with E-state index in [0.717, 1.165) is 0 Å². The molecule has 1 N–H and O–H groups in total. The molecule has 0 saturated heterocycles. The molecular weight excluding hydrogens is 206 g/mol. The smallest absolute Gasteiger partial charge is 0.309 e. The molecule has 2 rings (SSSR count). The van der Waals surface area contributed by atoms with Gasteiger partial charge < -0.3 is 5.11 Å². The van der Waals surface area contributed by atoms with Crippen LogP contribution in [0.1, 0.15) is 5.69 Å². The lowest BCUT2D eigenvalue weighted by atomic mass is 10.3. The van der Waals surface area contributed by atoms with Crippen molar-refractivity contribution >= 4 is 23.2 Å². The highest BCUT2D eigenvalue weighted by atomic mass is 35.5. The number of hydrogen-bond acceptors (Lipinski definition) is 3. The summed E-state index contributed by atoms with van der Waals surface area (Å²) in [6.45, 7) is 0. The topological polar surface area (TPSA) is 67.5 Å². The first-order chi connectivity index (χ1) is 6.68. The third kappa shape index (κ3) is 1.42. The van der Waals surface area contributed by atoms with Crippen molar-refractivity contribution in [2.75, 3.05) is 0 Å². The van der Waals surface area contributed by atoms with Crippen LogP contribution < -0.4 is 0 Å². The van der Waals surface area contributed by atoms with Crippen molar-refractivity contribution in [3.8, 4) is 0 Å². The summed E-state index contributed by atoms with van der Waals surface area (Å²) in [7, 11) is 0. The van der Waals surface area contributed by atoms with Crippen LogP contribution in [0.25, 0.3) is 5.65 Å². The van der Waals surface area contributed by atoms with E-state index in [1.54, 1.807) is 10.6 Å². The highest BCUT2D eigenvalue weighted by Crippen LogP contribution is 2.13. The molecule has 14 heavy (non-hydrogen) atoms. The number of aliphatic carboxylic acids is 1. The molecule has 0 spiro atoms. The Kier molecular flexibility index (Phi) is 2.09. The van der Waals surface area contributed by atoms with Gasteiger partial charge in [-0.3, -0.25) is 14.2 Å². The third-order valence-corrected chi connectivity index (χ3v) is 2.05. The van der Waals surface area contributed by atoms with Gasteiger partial charge in [-0.15, -0.1) is 0 Å². The molecule has 0 saturated carbocycles. The minimum Gasteiger partial charge on any atom is -0.481 e. The summed E-state index contributed by atoms with van der Waals surface area (Å²) in [5, 5.41) is 9.06. The first kappa shape index (κ1) is 8.96. The molecule has 0 fully saturated rings. The van der Waals surface area contributed by atoms with Gasteiger partial charge in [0.2, 0.25) is 0 Å². The number of halogens is 1. The van der Waals surface area contributed by atoms with Crippen LogP contribution in [0.15, 0.2) is 18.6 Å². The summed E-state index contributed by atoms with van der Waals surface area (Å²) in [4.78, 5) is 18.4. The molecule has 5 nitrogen and oxygen atoms in total. The Bertz CT molecular complexity index is 494. The third-order valence-electron chi connectivity index (χ3n) is 1.77. The Hall–Kier alpha value is -1.62. The van der Waals surface area contributed by atoms with Crippen LogP contribution in [0, 0.1) is 0 Å². The molecular formula is C8H6ClN3O2. The van der Waals surface area contributed by atoms with Crippen molar-refractivity contribution in [1.29, 1.82) is 0 Å². The lowest BCUT2D eigenvalue weighted by Gasteiger charge is -1.99. The van der Waals surface area contributed by atoms with Crippen LogP contribution in [-0.4, -0.2) is 25.4 Å². The van der Waals surface area contributed by atoms with E-state index in [4.69, 9.17) is 16.7 Å². The molecule has 2 aromatic rings. The van der Waals surface area contributed by atoms with E-state index in [0.29, 0.717) is 16.5 Å². The number of carboxylic acid groups (broad SMARTS) is 1. The summed E-state index contributed by atoms with van der Waals surface area (Å²) in [6.07, 6.45) is 4.44. The molecule has 2 heterocycles. The average molecular weight is 212 g/mol. The molecule has 2 aromatic heterocycles. The van der Waals surface area contributed by atoms with Crippen molar-refractivity contribution in [3.05, 3.63) is 29.4 Å². The maximum absolute atomic E-state index is 10.5. The minimum absolute atomic E-state index is 0.155. The van der Waals surface area contributed by atoms with Crippen LogP contribution in [-0.2, 0) is 11.2 Å². The van der Waals surface area contributed by atoms with E-state index in [1.165, 1.54) is 12.4 Å². The van der Waals surface area contributed by atoms with Gasteiger partial charge in [-0.05, 0) is 0 Å². The number of carbonyl (C=O) groups is 1. The lowest BCUT2D eigenvalue weighted by molar-refractivity contribution is -0.136. The van der Waals surface area contributed by atoms with Gasteiger partial charge in [0.25, 0.3) is 0 Å². The maximum atomic E-state index is 10.5. The number of imidazole rings is 1. The van der Waals surface area contributed by atoms with Gasteiger partial charge in [-0.1, -0.05) is 11.6 Å². The van der Waals surface area contributed by atoms with Gasteiger partial charge in [0.1, 0.15) is 5.15 Å². The number of rotatable bonds is 2. The van der Waals surface area contributed by atoms with Gasteiger partial charge in [0, 0.05) is 12.4 Å². The zero-order valence-electron chi connectivity index (χ0n) is 7.01. The Morgan fingerprint density at radius 2 is 2.36 bits per heavy atom. The average Bonchev–Trinajstić information content (AvgIpc) is 2.49. The molecule has 0 atom stereocenters. The van der Waals surface area contributed by atoms with E-state index >= 15 is 0 Å². The Balaban J connectivity index is 2.59. The molecule has 0 aromatic carbocycles. The second kappa shape index (κ2) is 3.26. The SMILES string of the molecule is O=C(O)Cc1nccn2c(Cl)cnc12. The predicted molar refractivity (Wildman–Crippen MR) is 49.3 cm³/mol. The van der Waals surface area contributed by atoms with E-state index in [2.05, 4.69) is 9.97 Å².